The van der Waals surface area contributed by atoms with E-state index in [4.69, 9.17) is 4.74 Å². The van der Waals surface area contributed by atoms with Crippen molar-refractivity contribution >= 4 is 33.3 Å². The molecule has 0 spiro atoms. The molecule has 1 N–H and O–H groups in total. The molecule has 1 saturated carbocycles. The van der Waals surface area contributed by atoms with Gasteiger partial charge in [0.25, 0.3) is 11.6 Å². The Balaban J connectivity index is 1.72. The second-order valence-corrected chi connectivity index (χ2v) is 10.1. The number of nitrogens with one attached hydrogen (secondary N) is 1. The van der Waals surface area contributed by atoms with E-state index in [1.165, 1.54) is 41.6 Å². The number of esters is 1. The number of sulfonamides is 1. The molecule has 1 aliphatic rings. The number of nitrogens with zero attached hydrogens (tertiary/aromatic N) is 2. The number of ether oxygens (including phenoxy) is 1. The van der Waals surface area contributed by atoms with Crippen LogP contribution in [0.2, 0.25) is 0 Å². The third-order valence-electron chi connectivity index (χ3n) is 5.89. The average Bonchev–Trinajstić information content (AvgIpc) is 2.82. The van der Waals surface area contributed by atoms with Crippen LogP contribution in [0.1, 0.15) is 48.0 Å². The van der Waals surface area contributed by atoms with Crippen LogP contribution in [-0.4, -0.2) is 49.2 Å². The van der Waals surface area contributed by atoms with Gasteiger partial charge < -0.3 is 10.1 Å². The molecule has 0 unspecified atom stereocenters. The zero-order valence-corrected chi connectivity index (χ0v) is 19.8. The van der Waals surface area contributed by atoms with E-state index in [2.05, 4.69) is 5.32 Å². The summed E-state index contributed by atoms with van der Waals surface area (Å²) in [5, 5.41) is 13.7. The molecule has 0 aromatic heterocycles. The van der Waals surface area contributed by atoms with Gasteiger partial charge in [0.2, 0.25) is 10.0 Å². The molecule has 1 fully saturated rings. The minimum Gasteiger partial charge on any atom is -0.452 e. The van der Waals surface area contributed by atoms with Crippen molar-refractivity contribution in [2.24, 2.45) is 0 Å². The summed E-state index contributed by atoms with van der Waals surface area (Å²) in [5.41, 5.74) is -0.264. The van der Waals surface area contributed by atoms with Crippen molar-refractivity contribution in [1.82, 2.24) is 4.31 Å². The fourth-order valence-corrected chi connectivity index (χ4v) is 5.61. The van der Waals surface area contributed by atoms with Crippen molar-refractivity contribution in [2.75, 3.05) is 19.0 Å². The Morgan fingerprint density at radius 3 is 2.47 bits per heavy atom. The fourth-order valence-electron chi connectivity index (χ4n) is 4.05. The Labute approximate surface area is 198 Å². The summed E-state index contributed by atoms with van der Waals surface area (Å²) >= 11 is 0. The molecule has 3 rings (SSSR count). The predicted octanol–water partition coefficient (Wildman–Crippen LogP) is 3.65. The maximum atomic E-state index is 13.2. The van der Waals surface area contributed by atoms with E-state index in [0.29, 0.717) is 5.56 Å². The summed E-state index contributed by atoms with van der Waals surface area (Å²) in [6.45, 7) is 0.782. The number of rotatable bonds is 8. The molecule has 0 atom stereocenters. The van der Waals surface area contributed by atoms with Crippen molar-refractivity contribution in [3.8, 4) is 0 Å². The van der Waals surface area contributed by atoms with E-state index in [1.807, 2.05) is 0 Å². The summed E-state index contributed by atoms with van der Waals surface area (Å²) in [4.78, 5) is 35.4. The van der Waals surface area contributed by atoms with Crippen LogP contribution < -0.4 is 5.32 Å². The maximum absolute atomic E-state index is 13.2. The monoisotopic (exact) mass is 489 g/mol. The SMILES string of the molecule is Cc1cccc([N+](=O)[O-])c1C(=O)OCC(=O)Nc1ccccc1S(=O)(=O)N(C)C1CCCCC1. The number of carbonyl (C=O) groups is 2. The van der Waals surface area contributed by atoms with E-state index < -0.39 is 39.1 Å². The zero-order chi connectivity index (χ0) is 24.9. The molecule has 1 amide bonds. The standard InChI is InChI=1S/C23H27N3O7S/c1-16-9-8-13-19(26(29)30)22(16)23(28)33-15-21(27)24-18-12-6-7-14-20(18)34(31,32)25(2)17-10-4-3-5-11-17/h6-9,12-14,17H,3-5,10-11,15H2,1-2H3,(H,24,27). The lowest BCUT2D eigenvalue weighted by atomic mass is 9.96. The van der Waals surface area contributed by atoms with Crippen LogP contribution in [0.5, 0.6) is 0 Å². The minimum absolute atomic E-state index is 0.0581. The Morgan fingerprint density at radius 1 is 1.12 bits per heavy atom. The number of para-hydroxylation sites is 1. The van der Waals surface area contributed by atoms with Crippen LogP contribution in [0.4, 0.5) is 11.4 Å². The predicted molar refractivity (Wildman–Crippen MR) is 125 cm³/mol. The molecule has 10 nitrogen and oxygen atoms in total. The summed E-state index contributed by atoms with van der Waals surface area (Å²) in [7, 11) is -2.33. The fraction of sp³-hybridized carbons (Fsp3) is 0.391. The topological polar surface area (TPSA) is 136 Å². The normalized spacial score (nSPS) is 14.6. The first-order valence-electron chi connectivity index (χ1n) is 10.9. The third kappa shape index (κ3) is 5.60. The molecule has 11 heteroatoms. The van der Waals surface area contributed by atoms with Crippen molar-refractivity contribution in [1.29, 1.82) is 0 Å². The first kappa shape index (κ1) is 25.3. The molecule has 0 saturated heterocycles. The van der Waals surface area contributed by atoms with Gasteiger partial charge in [-0.3, -0.25) is 14.9 Å². The number of aryl methyl sites for hydroxylation is 1. The highest BCUT2D eigenvalue weighted by atomic mass is 32.2. The first-order chi connectivity index (χ1) is 16.1. The molecule has 2 aromatic rings. The number of hydrogen-bond donors (Lipinski definition) is 1. The van der Waals surface area contributed by atoms with Gasteiger partial charge in [-0.05, 0) is 37.5 Å². The van der Waals surface area contributed by atoms with E-state index in [0.717, 1.165) is 32.1 Å². The van der Waals surface area contributed by atoms with Crippen LogP contribution in [0, 0.1) is 17.0 Å². The highest BCUT2D eigenvalue weighted by Crippen LogP contribution is 2.30. The summed E-state index contributed by atoms with van der Waals surface area (Å²) < 4.78 is 32.8. The number of nitro groups is 1. The lowest BCUT2D eigenvalue weighted by Crippen LogP contribution is -2.38. The smallest absolute Gasteiger partial charge is 0.345 e. The van der Waals surface area contributed by atoms with Gasteiger partial charge in [0.1, 0.15) is 10.5 Å². The lowest BCUT2D eigenvalue weighted by Gasteiger charge is -2.30. The quantitative estimate of drug-likeness (QED) is 0.339. The van der Waals surface area contributed by atoms with Gasteiger partial charge in [-0.2, -0.15) is 4.31 Å². The Hall–Kier alpha value is -3.31. The molecule has 0 bridgehead atoms. The van der Waals surface area contributed by atoms with E-state index in [1.54, 1.807) is 19.2 Å². The molecule has 182 valence electrons. The van der Waals surface area contributed by atoms with Crippen LogP contribution in [-0.2, 0) is 19.6 Å². The van der Waals surface area contributed by atoms with Crippen LogP contribution in [0.3, 0.4) is 0 Å². The highest BCUT2D eigenvalue weighted by molar-refractivity contribution is 7.89. The Kier molecular flexibility index (Phi) is 8.00. The third-order valence-corrected chi connectivity index (χ3v) is 7.86. The van der Waals surface area contributed by atoms with Gasteiger partial charge in [-0.25, -0.2) is 13.2 Å². The van der Waals surface area contributed by atoms with Crippen LogP contribution in [0.25, 0.3) is 0 Å². The second-order valence-electron chi connectivity index (χ2n) is 8.16. The molecule has 1 aliphatic carbocycles. The van der Waals surface area contributed by atoms with Gasteiger partial charge in [0.05, 0.1) is 10.6 Å². The van der Waals surface area contributed by atoms with Crippen LogP contribution in [0.15, 0.2) is 47.4 Å². The van der Waals surface area contributed by atoms with E-state index in [9.17, 15) is 28.1 Å². The van der Waals surface area contributed by atoms with Gasteiger partial charge in [0.15, 0.2) is 6.61 Å². The van der Waals surface area contributed by atoms with Crippen LogP contribution >= 0.6 is 0 Å². The summed E-state index contributed by atoms with van der Waals surface area (Å²) in [5.74, 6) is -1.79. The number of carbonyl (C=O) groups excluding carboxylic acids is 2. The van der Waals surface area contributed by atoms with Crippen molar-refractivity contribution in [2.45, 2.75) is 50.0 Å². The first-order valence-corrected chi connectivity index (χ1v) is 12.3. The Morgan fingerprint density at radius 2 is 1.79 bits per heavy atom. The zero-order valence-electron chi connectivity index (χ0n) is 19.0. The lowest BCUT2D eigenvalue weighted by molar-refractivity contribution is -0.385. The molecule has 34 heavy (non-hydrogen) atoms. The summed E-state index contributed by atoms with van der Waals surface area (Å²) in [6, 6.07) is 10.0. The number of hydrogen-bond acceptors (Lipinski definition) is 7. The molecule has 0 aliphatic heterocycles. The summed E-state index contributed by atoms with van der Waals surface area (Å²) in [6.07, 6.45) is 4.58. The van der Waals surface area contributed by atoms with Gasteiger partial charge in [0, 0.05) is 19.2 Å². The molecule has 0 heterocycles. The number of anilines is 1. The van der Waals surface area contributed by atoms with Crippen molar-refractivity contribution in [3.63, 3.8) is 0 Å². The van der Waals surface area contributed by atoms with Crippen molar-refractivity contribution in [3.05, 3.63) is 63.7 Å². The van der Waals surface area contributed by atoms with Gasteiger partial charge in [-0.1, -0.05) is 43.5 Å². The average molecular weight is 490 g/mol. The van der Waals surface area contributed by atoms with Gasteiger partial charge >= 0.3 is 5.97 Å². The van der Waals surface area contributed by atoms with Crippen molar-refractivity contribution < 1.29 is 27.7 Å². The molecular weight excluding hydrogens is 462 g/mol. The number of amides is 1. The second kappa shape index (κ2) is 10.7. The number of benzene rings is 2. The number of nitro benzene ring substituents is 1. The largest absolute Gasteiger partial charge is 0.452 e. The molecule has 0 radical (unpaired) electrons. The maximum Gasteiger partial charge on any atom is 0.345 e. The molecular formula is C23H27N3O7S. The highest BCUT2D eigenvalue weighted by Gasteiger charge is 2.31. The van der Waals surface area contributed by atoms with E-state index >= 15 is 0 Å². The minimum atomic E-state index is -3.87. The van der Waals surface area contributed by atoms with E-state index in [-0.39, 0.29) is 22.2 Å². The molecule has 2 aromatic carbocycles. The van der Waals surface area contributed by atoms with Gasteiger partial charge in [-0.15, -0.1) is 0 Å². The Bertz CT molecular complexity index is 1190.